The molecule has 1 aromatic carbocycles. The maximum Gasteiger partial charge on any atom is 0.137 e. The molecule has 0 amide bonds. The number of methoxy groups -OCH3 is 1. The highest BCUT2D eigenvalue weighted by molar-refractivity contribution is 6.32. The van der Waals surface area contributed by atoms with Crippen molar-refractivity contribution in [2.45, 2.75) is 13.0 Å². The molecule has 0 spiro atoms. The average Bonchev–Trinajstić information content (AvgIpc) is 2.40. The Morgan fingerprint density at radius 2 is 2.17 bits per heavy atom. The van der Waals surface area contributed by atoms with Gasteiger partial charge in [0, 0.05) is 18.1 Å². The summed E-state index contributed by atoms with van der Waals surface area (Å²) in [5, 5.41) is 3.97. The van der Waals surface area contributed by atoms with E-state index in [1.807, 2.05) is 36.5 Å². The lowest BCUT2D eigenvalue weighted by Crippen LogP contribution is -2.06. The Kier molecular flexibility index (Phi) is 4.05. The van der Waals surface area contributed by atoms with Gasteiger partial charge in [0.1, 0.15) is 5.75 Å². The molecule has 2 aromatic rings. The quantitative estimate of drug-likeness (QED) is 0.907. The van der Waals surface area contributed by atoms with E-state index in [4.69, 9.17) is 16.3 Å². The topological polar surface area (TPSA) is 34.1 Å². The van der Waals surface area contributed by atoms with E-state index in [1.165, 1.54) is 0 Å². The van der Waals surface area contributed by atoms with Gasteiger partial charge in [-0.25, -0.2) is 0 Å². The van der Waals surface area contributed by atoms with Crippen molar-refractivity contribution in [2.75, 3.05) is 12.4 Å². The number of nitrogens with zero attached hydrogens (tertiary/aromatic N) is 1. The van der Waals surface area contributed by atoms with Gasteiger partial charge in [0.15, 0.2) is 0 Å². The third kappa shape index (κ3) is 2.93. The Balaban J connectivity index is 2.12. The molecule has 0 aliphatic rings. The van der Waals surface area contributed by atoms with Gasteiger partial charge in [-0.3, -0.25) is 4.98 Å². The van der Waals surface area contributed by atoms with E-state index >= 15 is 0 Å². The number of hydrogen-bond acceptors (Lipinski definition) is 3. The fraction of sp³-hybridized carbons (Fsp3) is 0.214. The minimum absolute atomic E-state index is 0.170. The number of benzene rings is 1. The van der Waals surface area contributed by atoms with Crippen LogP contribution < -0.4 is 10.1 Å². The van der Waals surface area contributed by atoms with Gasteiger partial charge in [0.2, 0.25) is 0 Å². The molecule has 94 valence electrons. The number of aromatic nitrogens is 1. The lowest BCUT2D eigenvalue weighted by Gasteiger charge is -2.16. The van der Waals surface area contributed by atoms with Crippen LogP contribution in [0.25, 0.3) is 0 Å². The van der Waals surface area contributed by atoms with E-state index in [0.717, 1.165) is 11.3 Å². The number of halogens is 1. The van der Waals surface area contributed by atoms with Crippen LogP contribution in [0.4, 0.5) is 5.69 Å². The first-order chi connectivity index (χ1) is 8.70. The average molecular weight is 263 g/mol. The highest BCUT2D eigenvalue weighted by atomic mass is 35.5. The molecule has 4 heteroatoms. The first-order valence-electron chi connectivity index (χ1n) is 5.70. The predicted octanol–water partition coefficient (Wildman–Crippen LogP) is 3.92. The molecule has 0 saturated heterocycles. The molecule has 0 radical (unpaired) electrons. The molecule has 3 nitrogen and oxygen atoms in total. The Bertz CT molecular complexity index is 516. The van der Waals surface area contributed by atoms with Crippen LogP contribution in [0.5, 0.6) is 5.75 Å². The van der Waals surface area contributed by atoms with E-state index in [2.05, 4.69) is 17.2 Å². The standard InChI is InChI=1S/C14H15ClN2O/c1-10(11-4-3-7-16-9-11)17-12-5-6-14(18-2)13(15)8-12/h3-10,17H,1-2H3. The highest BCUT2D eigenvalue weighted by Gasteiger charge is 2.07. The van der Waals surface area contributed by atoms with Crippen molar-refractivity contribution in [1.29, 1.82) is 0 Å². The van der Waals surface area contributed by atoms with Crippen LogP contribution in [-0.4, -0.2) is 12.1 Å². The Hall–Kier alpha value is -1.74. The van der Waals surface area contributed by atoms with Crippen LogP contribution in [0.15, 0.2) is 42.7 Å². The van der Waals surface area contributed by atoms with Crippen molar-refractivity contribution in [3.63, 3.8) is 0 Å². The molecule has 1 aromatic heterocycles. The van der Waals surface area contributed by atoms with Gasteiger partial charge in [-0.05, 0) is 36.8 Å². The highest BCUT2D eigenvalue weighted by Crippen LogP contribution is 2.28. The van der Waals surface area contributed by atoms with E-state index in [-0.39, 0.29) is 6.04 Å². The monoisotopic (exact) mass is 262 g/mol. The predicted molar refractivity (Wildman–Crippen MR) is 74.3 cm³/mol. The molecule has 1 heterocycles. The zero-order chi connectivity index (χ0) is 13.0. The molecule has 18 heavy (non-hydrogen) atoms. The molecule has 0 aliphatic carbocycles. The number of pyridine rings is 1. The van der Waals surface area contributed by atoms with E-state index in [0.29, 0.717) is 10.8 Å². The van der Waals surface area contributed by atoms with Crippen molar-refractivity contribution >= 4 is 17.3 Å². The summed E-state index contributed by atoms with van der Waals surface area (Å²) < 4.78 is 5.12. The third-order valence-electron chi connectivity index (χ3n) is 2.72. The van der Waals surface area contributed by atoms with Gasteiger partial charge < -0.3 is 10.1 Å². The summed E-state index contributed by atoms with van der Waals surface area (Å²) in [6.07, 6.45) is 3.61. The first-order valence-corrected chi connectivity index (χ1v) is 6.08. The SMILES string of the molecule is COc1ccc(NC(C)c2cccnc2)cc1Cl. The lowest BCUT2D eigenvalue weighted by atomic mass is 10.1. The van der Waals surface area contributed by atoms with Crippen molar-refractivity contribution in [3.8, 4) is 5.75 Å². The number of rotatable bonds is 4. The summed E-state index contributed by atoms with van der Waals surface area (Å²) >= 11 is 6.08. The van der Waals surface area contributed by atoms with Gasteiger partial charge in [-0.2, -0.15) is 0 Å². The smallest absolute Gasteiger partial charge is 0.137 e. The number of hydrogen-bond donors (Lipinski definition) is 1. The van der Waals surface area contributed by atoms with Gasteiger partial charge in [-0.1, -0.05) is 17.7 Å². The normalized spacial score (nSPS) is 11.9. The Morgan fingerprint density at radius 1 is 1.33 bits per heavy atom. The van der Waals surface area contributed by atoms with Crippen LogP contribution in [0, 0.1) is 0 Å². The maximum atomic E-state index is 6.08. The largest absolute Gasteiger partial charge is 0.495 e. The molecule has 2 rings (SSSR count). The molecule has 0 saturated carbocycles. The number of ether oxygens (including phenoxy) is 1. The van der Waals surface area contributed by atoms with Crippen molar-refractivity contribution in [3.05, 3.63) is 53.3 Å². The number of nitrogens with one attached hydrogen (secondary N) is 1. The molecule has 1 N–H and O–H groups in total. The molecular weight excluding hydrogens is 248 g/mol. The number of anilines is 1. The van der Waals surface area contributed by atoms with Crippen LogP contribution in [0.3, 0.4) is 0 Å². The van der Waals surface area contributed by atoms with Crippen LogP contribution in [0.1, 0.15) is 18.5 Å². The second kappa shape index (κ2) is 5.74. The third-order valence-corrected chi connectivity index (χ3v) is 3.01. The summed E-state index contributed by atoms with van der Waals surface area (Å²) in [7, 11) is 1.60. The second-order valence-corrected chi connectivity index (χ2v) is 4.41. The van der Waals surface area contributed by atoms with Gasteiger partial charge in [0.25, 0.3) is 0 Å². The summed E-state index contributed by atoms with van der Waals surface area (Å²) in [5.41, 5.74) is 2.08. The zero-order valence-electron chi connectivity index (χ0n) is 10.4. The lowest BCUT2D eigenvalue weighted by molar-refractivity contribution is 0.415. The van der Waals surface area contributed by atoms with E-state index in [9.17, 15) is 0 Å². The van der Waals surface area contributed by atoms with Crippen molar-refractivity contribution < 1.29 is 4.74 Å². The van der Waals surface area contributed by atoms with Crippen LogP contribution in [0.2, 0.25) is 5.02 Å². The second-order valence-electron chi connectivity index (χ2n) is 4.00. The fourth-order valence-electron chi connectivity index (χ4n) is 1.72. The fourth-order valence-corrected chi connectivity index (χ4v) is 1.98. The van der Waals surface area contributed by atoms with Crippen molar-refractivity contribution in [1.82, 2.24) is 4.98 Å². The molecule has 1 unspecified atom stereocenters. The van der Waals surface area contributed by atoms with Gasteiger partial charge in [0.05, 0.1) is 18.2 Å². The Labute approximate surface area is 112 Å². The molecule has 0 aliphatic heterocycles. The summed E-state index contributed by atoms with van der Waals surface area (Å²) in [6, 6.07) is 9.78. The minimum atomic E-state index is 0.170. The summed E-state index contributed by atoms with van der Waals surface area (Å²) in [6.45, 7) is 2.08. The Morgan fingerprint density at radius 3 is 2.78 bits per heavy atom. The minimum Gasteiger partial charge on any atom is -0.495 e. The maximum absolute atomic E-state index is 6.08. The molecular formula is C14H15ClN2O. The van der Waals surface area contributed by atoms with Crippen molar-refractivity contribution in [2.24, 2.45) is 0 Å². The van der Waals surface area contributed by atoms with E-state index < -0.39 is 0 Å². The first kappa shape index (κ1) is 12.7. The molecule has 0 fully saturated rings. The van der Waals surface area contributed by atoms with Crippen LogP contribution >= 0.6 is 11.6 Å². The molecule has 1 atom stereocenters. The van der Waals surface area contributed by atoms with Crippen LogP contribution in [-0.2, 0) is 0 Å². The van der Waals surface area contributed by atoms with E-state index in [1.54, 1.807) is 13.3 Å². The summed E-state index contributed by atoms with van der Waals surface area (Å²) in [4.78, 5) is 4.11. The summed E-state index contributed by atoms with van der Waals surface area (Å²) in [5.74, 6) is 0.677. The molecule has 0 bridgehead atoms. The zero-order valence-corrected chi connectivity index (χ0v) is 11.1. The van der Waals surface area contributed by atoms with Gasteiger partial charge >= 0.3 is 0 Å². The van der Waals surface area contributed by atoms with Gasteiger partial charge in [-0.15, -0.1) is 0 Å².